The number of carbonyl (C=O) groups excluding carboxylic acids is 4. The largest absolute Gasteiger partial charge is 0.347 e. The monoisotopic (exact) mass is 575 g/mol. The molecule has 5 atom stereocenters. The van der Waals surface area contributed by atoms with Crippen molar-refractivity contribution in [3.63, 3.8) is 0 Å². The van der Waals surface area contributed by atoms with Crippen LogP contribution in [0.4, 0.5) is 0 Å². The summed E-state index contributed by atoms with van der Waals surface area (Å²) in [5.74, 6) is -1.14. The Hall–Kier alpha value is -3.72. The quantitative estimate of drug-likeness (QED) is 0.386. The van der Waals surface area contributed by atoms with E-state index in [0.717, 1.165) is 30.4 Å². The van der Waals surface area contributed by atoms with Gasteiger partial charge in [0.1, 0.15) is 12.1 Å². The summed E-state index contributed by atoms with van der Waals surface area (Å²) in [5.41, 5.74) is 3.29. The lowest BCUT2D eigenvalue weighted by Gasteiger charge is -2.36. The van der Waals surface area contributed by atoms with Gasteiger partial charge in [-0.05, 0) is 75.3 Å². The topological polar surface area (TPSA) is 120 Å². The van der Waals surface area contributed by atoms with Gasteiger partial charge in [0.05, 0.1) is 12.1 Å². The van der Waals surface area contributed by atoms with Crippen LogP contribution >= 0.6 is 0 Å². The lowest BCUT2D eigenvalue weighted by Crippen LogP contribution is -2.59. The molecule has 4 rings (SSSR count). The molecule has 0 radical (unpaired) electrons. The summed E-state index contributed by atoms with van der Waals surface area (Å²) in [5, 5.41) is 12.1. The van der Waals surface area contributed by atoms with Crippen molar-refractivity contribution in [2.45, 2.75) is 90.5 Å². The van der Waals surface area contributed by atoms with Crippen LogP contribution in [-0.4, -0.2) is 66.3 Å². The van der Waals surface area contributed by atoms with E-state index in [1.165, 1.54) is 5.56 Å². The average Bonchev–Trinajstić information content (AvgIpc) is 3.38. The molecule has 1 heterocycles. The summed E-state index contributed by atoms with van der Waals surface area (Å²) in [6.07, 6.45) is 3.04. The fraction of sp³-hybridized carbons (Fsp3) is 0.515. The van der Waals surface area contributed by atoms with E-state index in [2.05, 4.69) is 33.4 Å². The second kappa shape index (κ2) is 13.1. The van der Waals surface area contributed by atoms with Crippen LogP contribution in [0, 0.1) is 12.3 Å². The van der Waals surface area contributed by atoms with Gasteiger partial charge in [0.15, 0.2) is 0 Å². The van der Waals surface area contributed by atoms with Crippen molar-refractivity contribution in [1.29, 1.82) is 0 Å². The number of hydrogen-bond acceptors (Lipinski definition) is 5. The minimum absolute atomic E-state index is 0.143. The van der Waals surface area contributed by atoms with E-state index in [9.17, 15) is 19.2 Å². The third-order valence-electron chi connectivity index (χ3n) is 8.45. The van der Waals surface area contributed by atoms with E-state index in [-0.39, 0.29) is 42.6 Å². The standard InChI is InChI=1S/C33H45N5O4/c1-20-14-16-23(17-15-20)30(40)35-24-18-27(31(41)36-26-13-9-11-22-10-7-8-12-25(22)26)38(19-24)32(42)28(33(3,4)5)37-29(39)21(2)34-6/h7-8,10,12,14-17,21,24,26-28,34H,9,11,13,18-19H2,1-6H3,(H,35,40)(H,36,41)(H,37,39)/t21-,24+,26+,27-,28+/m0/s1. The first-order chi connectivity index (χ1) is 19.9. The van der Waals surface area contributed by atoms with E-state index >= 15 is 0 Å². The van der Waals surface area contributed by atoms with Gasteiger partial charge in [-0.3, -0.25) is 19.2 Å². The number of likely N-dealkylation sites (tertiary alicyclic amines) is 1. The van der Waals surface area contributed by atoms with Gasteiger partial charge in [-0.25, -0.2) is 0 Å². The molecule has 0 spiro atoms. The Labute approximate surface area is 249 Å². The van der Waals surface area contributed by atoms with E-state index in [1.807, 2.05) is 52.0 Å². The van der Waals surface area contributed by atoms with Crippen molar-refractivity contribution in [2.75, 3.05) is 13.6 Å². The first-order valence-electron chi connectivity index (χ1n) is 14.9. The zero-order valence-corrected chi connectivity index (χ0v) is 25.6. The molecule has 0 unspecified atom stereocenters. The molecule has 226 valence electrons. The molecule has 4 N–H and O–H groups in total. The van der Waals surface area contributed by atoms with Crippen molar-refractivity contribution in [2.24, 2.45) is 5.41 Å². The highest BCUT2D eigenvalue weighted by Crippen LogP contribution is 2.31. The van der Waals surface area contributed by atoms with Crippen molar-refractivity contribution in [1.82, 2.24) is 26.2 Å². The number of fused-ring (bicyclic) bond motifs is 1. The van der Waals surface area contributed by atoms with Crippen LogP contribution in [0.5, 0.6) is 0 Å². The molecule has 1 saturated heterocycles. The lowest BCUT2D eigenvalue weighted by molar-refractivity contribution is -0.144. The highest BCUT2D eigenvalue weighted by molar-refractivity contribution is 5.96. The maximum atomic E-state index is 14.2. The summed E-state index contributed by atoms with van der Waals surface area (Å²) >= 11 is 0. The fourth-order valence-corrected chi connectivity index (χ4v) is 5.79. The highest BCUT2D eigenvalue weighted by atomic mass is 16.2. The second-order valence-corrected chi connectivity index (χ2v) is 12.7. The lowest BCUT2D eigenvalue weighted by atomic mass is 9.85. The molecule has 4 amide bonds. The first kappa shape index (κ1) is 31.2. The molecule has 2 aromatic carbocycles. The summed E-state index contributed by atoms with van der Waals surface area (Å²) in [4.78, 5) is 55.6. The van der Waals surface area contributed by atoms with Crippen LogP contribution in [0.25, 0.3) is 0 Å². The van der Waals surface area contributed by atoms with Gasteiger partial charge in [0.2, 0.25) is 17.7 Å². The molecule has 0 saturated carbocycles. The van der Waals surface area contributed by atoms with E-state index in [1.54, 1.807) is 31.0 Å². The fourth-order valence-electron chi connectivity index (χ4n) is 5.79. The molecule has 42 heavy (non-hydrogen) atoms. The number of benzene rings is 2. The summed E-state index contributed by atoms with van der Waals surface area (Å²) < 4.78 is 0. The number of rotatable bonds is 8. The van der Waals surface area contributed by atoms with Gasteiger partial charge in [-0.1, -0.05) is 62.7 Å². The Bertz CT molecular complexity index is 1300. The van der Waals surface area contributed by atoms with Crippen LogP contribution in [0.1, 0.15) is 80.0 Å². The molecule has 2 aliphatic rings. The minimum atomic E-state index is -0.863. The predicted molar refractivity (Wildman–Crippen MR) is 163 cm³/mol. The van der Waals surface area contributed by atoms with Gasteiger partial charge in [0.25, 0.3) is 5.91 Å². The van der Waals surface area contributed by atoms with Crippen molar-refractivity contribution >= 4 is 23.6 Å². The van der Waals surface area contributed by atoms with Gasteiger partial charge in [-0.2, -0.15) is 0 Å². The van der Waals surface area contributed by atoms with Gasteiger partial charge in [-0.15, -0.1) is 0 Å². The molecule has 1 fully saturated rings. The Morgan fingerprint density at radius 2 is 1.67 bits per heavy atom. The SMILES string of the molecule is CN[C@@H](C)C(=O)N[C@H](C(=O)N1C[C@H](NC(=O)c2ccc(C)cc2)C[C@H]1C(=O)N[C@@H]1CCCc2ccccc21)C(C)(C)C. The molecule has 0 bridgehead atoms. The maximum absolute atomic E-state index is 14.2. The van der Waals surface area contributed by atoms with Crippen LogP contribution in [0.2, 0.25) is 0 Å². The van der Waals surface area contributed by atoms with Crippen LogP contribution in [0.3, 0.4) is 0 Å². The second-order valence-electron chi connectivity index (χ2n) is 12.7. The Morgan fingerprint density at radius 1 is 0.976 bits per heavy atom. The number of nitrogens with zero attached hydrogens (tertiary/aromatic N) is 1. The highest BCUT2D eigenvalue weighted by Gasteiger charge is 2.46. The predicted octanol–water partition coefficient (Wildman–Crippen LogP) is 3.03. The van der Waals surface area contributed by atoms with E-state index < -0.39 is 29.6 Å². The average molecular weight is 576 g/mol. The number of likely N-dealkylation sites (N-methyl/N-ethyl adjacent to an activating group) is 1. The Kier molecular flexibility index (Phi) is 9.71. The third-order valence-corrected chi connectivity index (χ3v) is 8.45. The zero-order valence-electron chi connectivity index (χ0n) is 25.6. The van der Waals surface area contributed by atoms with Crippen LogP contribution in [-0.2, 0) is 20.8 Å². The van der Waals surface area contributed by atoms with Crippen molar-refractivity contribution < 1.29 is 19.2 Å². The van der Waals surface area contributed by atoms with Crippen LogP contribution in [0.15, 0.2) is 48.5 Å². The molecule has 2 aromatic rings. The van der Waals surface area contributed by atoms with Crippen LogP contribution < -0.4 is 21.3 Å². The Morgan fingerprint density at radius 3 is 2.33 bits per heavy atom. The normalized spacial score (nSPS) is 21.6. The smallest absolute Gasteiger partial charge is 0.251 e. The van der Waals surface area contributed by atoms with Gasteiger partial charge < -0.3 is 26.2 Å². The minimum Gasteiger partial charge on any atom is -0.347 e. The van der Waals surface area contributed by atoms with Crippen molar-refractivity contribution in [3.8, 4) is 0 Å². The van der Waals surface area contributed by atoms with Gasteiger partial charge in [0, 0.05) is 18.2 Å². The number of carbonyl (C=O) groups is 4. The molecular formula is C33H45N5O4. The number of hydrogen-bond donors (Lipinski definition) is 4. The van der Waals surface area contributed by atoms with Gasteiger partial charge >= 0.3 is 0 Å². The van der Waals surface area contributed by atoms with E-state index in [0.29, 0.717) is 5.56 Å². The van der Waals surface area contributed by atoms with E-state index in [4.69, 9.17) is 0 Å². The number of amides is 4. The molecule has 9 nitrogen and oxygen atoms in total. The number of nitrogens with one attached hydrogen (secondary N) is 4. The maximum Gasteiger partial charge on any atom is 0.251 e. The molecule has 9 heteroatoms. The summed E-state index contributed by atoms with van der Waals surface area (Å²) in [6.45, 7) is 9.52. The molecular weight excluding hydrogens is 530 g/mol. The third kappa shape index (κ3) is 7.18. The first-order valence-corrected chi connectivity index (χ1v) is 14.9. The number of aryl methyl sites for hydroxylation is 2. The Balaban J connectivity index is 1.59. The molecule has 1 aliphatic heterocycles. The molecule has 0 aromatic heterocycles. The zero-order chi connectivity index (χ0) is 30.6. The van der Waals surface area contributed by atoms with Crippen molar-refractivity contribution in [3.05, 3.63) is 70.8 Å². The summed E-state index contributed by atoms with van der Waals surface area (Å²) in [6, 6.07) is 12.7. The molecule has 1 aliphatic carbocycles. The summed E-state index contributed by atoms with van der Waals surface area (Å²) in [7, 11) is 1.68.